The number of benzene rings is 3. The van der Waals surface area contributed by atoms with Gasteiger partial charge in [-0.15, -0.1) is 0 Å². The molecule has 0 spiro atoms. The molecule has 1 aromatic heterocycles. The Labute approximate surface area is 205 Å². The Morgan fingerprint density at radius 1 is 0.861 bits per heavy atom. The summed E-state index contributed by atoms with van der Waals surface area (Å²) in [6.45, 7) is 0.0690. The molecule has 4 aromatic rings. The van der Waals surface area contributed by atoms with Crippen molar-refractivity contribution in [3.05, 3.63) is 79.0 Å². The van der Waals surface area contributed by atoms with E-state index in [1.165, 1.54) is 7.11 Å². The Morgan fingerprint density at radius 3 is 2.22 bits per heavy atom. The molecule has 1 saturated heterocycles. The van der Waals surface area contributed by atoms with Crippen molar-refractivity contribution in [1.29, 1.82) is 0 Å². The van der Waals surface area contributed by atoms with Crippen molar-refractivity contribution in [2.75, 3.05) is 13.7 Å². The van der Waals surface area contributed by atoms with Crippen molar-refractivity contribution in [1.82, 2.24) is 20.4 Å². The minimum Gasteiger partial charge on any atom is -0.467 e. The Balaban J connectivity index is 1.33. The fourth-order valence-electron chi connectivity index (χ4n) is 3.92. The Morgan fingerprint density at radius 2 is 1.53 bits per heavy atom. The molecule has 1 aliphatic rings. The normalized spacial score (nSPS) is 14.9. The van der Waals surface area contributed by atoms with Gasteiger partial charge in [0.2, 0.25) is 0 Å². The third kappa shape index (κ3) is 4.37. The maximum Gasteiger partial charge on any atom is 0.328 e. The number of nitrogens with zero attached hydrogens (tertiary/aromatic N) is 2. The van der Waals surface area contributed by atoms with E-state index in [-0.39, 0.29) is 18.8 Å². The van der Waals surface area contributed by atoms with Crippen LogP contribution in [0.2, 0.25) is 0 Å². The highest BCUT2D eigenvalue weighted by molar-refractivity contribution is 6.21. The fraction of sp³-hybridized carbons (Fsp3) is 0.154. The van der Waals surface area contributed by atoms with Crippen molar-refractivity contribution in [2.24, 2.45) is 0 Å². The summed E-state index contributed by atoms with van der Waals surface area (Å²) < 4.78 is 18.7. The average Bonchev–Trinajstić information content (AvgIpc) is 3.30. The minimum atomic E-state index is -1.93. The molecule has 5 rings (SSSR count). The number of carbonyl (C=O) groups excluding carboxylic acids is 3. The van der Waals surface area contributed by atoms with E-state index < -0.39 is 23.4 Å². The highest BCUT2D eigenvalue weighted by Gasteiger charge is 2.52. The molecular formula is C26H22N4O6. The maximum atomic E-state index is 12.5. The van der Waals surface area contributed by atoms with E-state index in [1.807, 2.05) is 53.2 Å². The zero-order valence-corrected chi connectivity index (χ0v) is 19.3. The average molecular weight is 486 g/mol. The number of methoxy groups -OCH3 is 1. The Hall–Kier alpha value is -4.70. The van der Waals surface area contributed by atoms with E-state index >= 15 is 0 Å². The summed E-state index contributed by atoms with van der Waals surface area (Å²) in [5.41, 5.74) is -0.0260. The second-order valence-electron chi connectivity index (χ2n) is 8.10. The summed E-state index contributed by atoms with van der Waals surface area (Å²) in [7, 11) is 1.44. The second-order valence-corrected chi connectivity index (χ2v) is 8.10. The van der Waals surface area contributed by atoms with Gasteiger partial charge >= 0.3 is 6.03 Å². The van der Waals surface area contributed by atoms with Crippen LogP contribution in [0.3, 0.4) is 0 Å². The van der Waals surface area contributed by atoms with Crippen LogP contribution >= 0.6 is 0 Å². The lowest BCUT2D eigenvalue weighted by molar-refractivity contribution is -0.153. The van der Waals surface area contributed by atoms with Gasteiger partial charge in [-0.2, -0.15) is 5.10 Å². The maximum absolute atomic E-state index is 12.5. The highest BCUT2D eigenvalue weighted by Crippen LogP contribution is 2.30. The van der Waals surface area contributed by atoms with E-state index in [4.69, 9.17) is 14.2 Å². The molecule has 10 nitrogen and oxygen atoms in total. The third-order valence-corrected chi connectivity index (χ3v) is 5.74. The summed E-state index contributed by atoms with van der Waals surface area (Å²) in [6, 6.07) is 21.1. The van der Waals surface area contributed by atoms with Crippen molar-refractivity contribution in [3.63, 3.8) is 0 Å². The first-order valence-corrected chi connectivity index (χ1v) is 11.1. The molecule has 36 heavy (non-hydrogen) atoms. The molecule has 0 saturated carbocycles. The molecule has 0 unspecified atom stereocenters. The van der Waals surface area contributed by atoms with Crippen LogP contribution in [0.1, 0.15) is 6.42 Å². The molecule has 2 N–H and O–H groups in total. The predicted molar refractivity (Wildman–Crippen MR) is 129 cm³/mol. The number of nitrogens with one attached hydrogen (secondary N) is 2. The van der Waals surface area contributed by atoms with E-state index in [2.05, 4.69) is 15.7 Å². The topological polar surface area (TPSA) is 121 Å². The number of ether oxygens (including phenoxy) is 3. The van der Waals surface area contributed by atoms with Gasteiger partial charge in [-0.05, 0) is 54.6 Å². The van der Waals surface area contributed by atoms with Gasteiger partial charge in [-0.1, -0.05) is 18.2 Å². The molecular weight excluding hydrogens is 464 g/mol. The van der Waals surface area contributed by atoms with Gasteiger partial charge in [0.05, 0.1) is 24.0 Å². The zero-order chi connectivity index (χ0) is 25.1. The molecule has 0 atom stereocenters. The molecule has 0 aliphatic carbocycles. The second kappa shape index (κ2) is 9.51. The summed E-state index contributed by atoms with van der Waals surface area (Å²) in [6.07, 6.45) is 1.69. The van der Waals surface area contributed by atoms with Crippen LogP contribution in [-0.4, -0.2) is 46.9 Å². The smallest absolute Gasteiger partial charge is 0.328 e. The first kappa shape index (κ1) is 23.1. The first-order valence-electron chi connectivity index (χ1n) is 11.1. The molecule has 0 radical (unpaired) electrons. The number of aromatic nitrogens is 2. The molecule has 1 fully saturated rings. The first-order chi connectivity index (χ1) is 17.5. The van der Waals surface area contributed by atoms with Crippen molar-refractivity contribution in [2.45, 2.75) is 12.0 Å². The Bertz CT molecular complexity index is 1410. The van der Waals surface area contributed by atoms with Crippen molar-refractivity contribution in [3.8, 4) is 22.9 Å². The van der Waals surface area contributed by atoms with E-state index in [0.29, 0.717) is 11.5 Å². The Kier molecular flexibility index (Phi) is 6.09. The van der Waals surface area contributed by atoms with Crippen LogP contribution in [0, 0.1) is 0 Å². The van der Waals surface area contributed by atoms with Crippen LogP contribution in [0.5, 0.6) is 17.2 Å². The molecule has 3 aromatic carbocycles. The van der Waals surface area contributed by atoms with E-state index in [1.54, 1.807) is 30.5 Å². The summed E-state index contributed by atoms with van der Waals surface area (Å²) >= 11 is 0. The predicted octanol–water partition coefficient (Wildman–Crippen LogP) is 3.34. The number of para-hydroxylation sites is 1. The molecule has 4 amide bonds. The molecule has 0 bridgehead atoms. The number of amides is 4. The third-order valence-electron chi connectivity index (χ3n) is 5.74. The molecule has 2 heterocycles. The van der Waals surface area contributed by atoms with Gasteiger partial charge in [-0.25, -0.2) is 9.48 Å². The van der Waals surface area contributed by atoms with Crippen LogP contribution in [-0.2, 0) is 14.3 Å². The summed E-state index contributed by atoms with van der Waals surface area (Å²) in [5.74, 6) is -0.311. The van der Waals surface area contributed by atoms with Crippen LogP contribution in [0.15, 0.2) is 79.0 Å². The number of urea groups is 1. The van der Waals surface area contributed by atoms with Crippen molar-refractivity contribution < 1.29 is 28.6 Å². The number of hydrogen-bond donors (Lipinski definition) is 2. The SMILES string of the molecule is COCCC1(Oc2ccc(Oc3ccc4c(cnn4-c4ccccc4)c3)cc2)C(=O)NC(=O)NC1=O. The lowest BCUT2D eigenvalue weighted by Crippen LogP contribution is -2.69. The summed E-state index contributed by atoms with van der Waals surface area (Å²) in [5, 5.41) is 9.55. The lowest BCUT2D eigenvalue weighted by atomic mass is 9.95. The van der Waals surface area contributed by atoms with Gasteiger partial charge in [0.25, 0.3) is 17.4 Å². The highest BCUT2D eigenvalue weighted by atomic mass is 16.5. The van der Waals surface area contributed by atoms with Crippen molar-refractivity contribution >= 4 is 28.7 Å². The molecule has 10 heteroatoms. The number of barbiturate groups is 1. The van der Waals surface area contributed by atoms with Gasteiger partial charge in [-0.3, -0.25) is 20.2 Å². The lowest BCUT2D eigenvalue weighted by Gasteiger charge is -2.34. The van der Waals surface area contributed by atoms with Gasteiger partial charge in [0.1, 0.15) is 17.2 Å². The monoisotopic (exact) mass is 486 g/mol. The van der Waals surface area contributed by atoms with Gasteiger partial charge in [0, 0.05) is 18.9 Å². The van der Waals surface area contributed by atoms with Gasteiger partial charge in [0.15, 0.2) is 0 Å². The zero-order valence-electron chi connectivity index (χ0n) is 19.3. The minimum absolute atomic E-state index is 0.0690. The fourth-order valence-corrected chi connectivity index (χ4v) is 3.92. The van der Waals surface area contributed by atoms with E-state index in [0.717, 1.165) is 16.6 Å². The number of rotatable bonds is 8. The standard InChI is InChI=1S/C26H22N4O6/c1-34-14-13-26(23(31)28-25(33)29-24(26)32)36-20-9-7-19(8-10-20)35-21-11-12-22-17(15-21)16-27-30(22)18-5-3-2-4-6-18/h2-12,15-16H,13-14H2,1H3,(H2,28,29,31,32,33). The molecule has 1 aliphatic heterocycles. The number of imide groups is 2. The van der Waals surface area contributed by atoms with Crippen LogP contribution in [0.4, 0.5) is 4.79 Å². The molecule has 182 valence electrons. The number of fused-ring (bicyclic) bond motifs is 1. The van der Waals surface area contributed by atoms with Crippen LogP contribution < -0.4 is 20.1 Å². The van der Waals surface area contributed by atoms with Crippen LogP contribution in [0.25, 0.3) is 16.6 Å². The summed E-state index contributed by atoms with van der Waals surface area (Å²) in [4.78, 5) is 36.6. The number of hydrogen-bond acceptors (Lipinski definition) is 7. The largest absolute Gasteiger partial charge is 0.467 e. The van der Waals surface area contributed by atoms with E-state index in [9.17, 15) is 14.4 Å². The van der Waals surface area contributed by atoms with Gasteiger partial charge < -0.3 is 14.2 Å². The number of carbonyl (C=O) groups is 3. The quantitative estimate of drug-likeness (QED) is 0.367.